The van der Waals surface area contributed by atoms with Gasteiger partial charge in [-0.25, -0.2) is 4.79 Å². The first-order valence-corrected chi connectivity index (χ1v) is 6.35. The van der Waals surface area contributed by atoms with Crippen LogP contribution in [0.5, 0.6) is 0 Å². The van der Waals surface area contributed by atoms with Crippen molar-refractivity contribution in [2.75, 3.05) is 5.88 Å². The van der Waals surface area contributed by atoms with E-state index in [0.29, 0.717) is 0 Å². The predicted molar refractivity (Wildman–Crippen MR) is 72.0 cm³/mol. The Kier molecular flexibility index (Phi) is 3.71. The second kappa shape index (κ2) is 4.99. The minimum absolute atomic E-state index is 0.00207. The largest absolute Gasteiger partial charge is 0.390 e. The highest BCUT2D eigenvalue weighted by molar-refractivity contribution is 6.29. The lowest BCUT2D eigenvalue weighted by atomic mass is 10.4. The van der Waals surface area contributed by atoms with Gasteiger partial charge in [0.05, 0.1) is 18.5 Å². The Labute approximate surface area is 117 Å². The van der Waals surface area contributed by atoms with Crippen LogP contribution in [0, 0.1) is 0 Å². The van der Waals surface area contributed by atoms with Gasteiger partial charge in [0.25, 0.3) is 5.56 Å². The van der Waals surface area contributed by atoms with Gasteiger partial charge in [-0.05, 0) is 11.6 Å². The summed E-state index contributed by atoms with van der Waals surface area (Å²) in [6.07, 6.45) is -0.862. The molecule has 0 radical (unpaired) electrons. The van der Waals surface area contributed by atoms with E-state index in [2.05, 4.69) is 4.98 Å². The van der Waals surface area contributed by atoms with Crippen LogP contribution < -0.4 is 11.2 Å². The van der Waals surface area contributed by atoms with Gasteiger partial charge in [0, 0.05) is 14.1 Å². The van der Waals surface area contributed by atoms with Crippen LogP contribution in [0.4, 0.5) is 0 Å². The monoisotopic (exact) mass is 306 g/mol. The third kappa shape index (κ3) is 2.18. The van der Waals surface area contributed by atoms with Crippen LogP contribution in [0.2, 0.25) is 5.28 Å². The van der Waals surface area contributed by atoms with Crippen molar-refractivity contribution in [2.24, 2.45) is 14.1 Å². The van der Waals surface area contributed by atoms with Crippen molar-refractivity contribution in [3.8, 4) is 0 Å². The van der Waals surface area contributed by atoms with E-state index in [1.807, 2.05) is 0 Å². The van der Waals surface area contributed by atoms with Crippen LogP contribution in [-0.4, -0.2) is 35.8 Å². The number of imidazole rings is 1. The van der Waals surface area contributed by atoms with Crippen molar-refractivity contribution in [3.05, 3.63) is 26.1 Å². The molecule has 2 aromatic rings. The fourth-order valence-corrected chi connectivity index (χ4v) is 2.18. The summed E-state index contributed by atoms with van der Waals surface area (Å²) in [5.41, 5.74) is -0.658. The molecule has 19 heavy (non-hydrogen) atoms. The quantitative estimate of drug-likeness (QED) is 0.623. The number of aromatic nitrogens is 4. The molecule has 0 aliphatic heterocycles. The lowest BCUT2D eigenvalue weighted by molar-refractivity contribution is 0.178. The van der Waals surface area contributed by atoms with Gasteiger partial charge in [0.15, 0.2) is 11.2 Å². The third-order valence-corrected chi connectivity index (χ3v) is 3.52. The Balaban J connectivity index is 2.83. The third-order valence-electron chi connectivity index (χ3n) is 2.87. The first-order valence-electron chi connectivity index (χ1n) is 5.44. The molecule has 2 heterocycles. The molecule has 1 atom stereocenters. The fourth-order valence-electron chi connectivity index (χ4n) is 1.85. The van der Waals surface area contributed by atoms with Gasteiger partial charge in [0.1, 0.15) is 0 Å². The SMILES string of the molecule is Cn1c(=O)c2c(nc(Cl)n2C[C@H](O)CCl)n(C)c1=O. The normalized spacial score (nSPS) is 13.1. The average Bonchev–Trinajstić information content (AvgIpc) is 2.71. The summed E-state index contributed by atoms with van der Waals surface area (Å²) in [6, 6.07) is 0. The van der Waals surface area contributed by atoms with Crippen LogP contribution in [-0.2, 0) is 20.6 Å². The Morgan fingerprint density at radius 1 is 1.32 bits per heavy atom. The van der Waals surface area contributed by atoms with Crippen molar-refractivity contribution < 1.29 is 5.11 Å². The molecular weight excluding hydrogens is 295 g/mol. The molecule has 0 saturated heterocycles. The smallest absolute Gasteiger partial charge is 0.332 e. The zero-order chi connectivity index (χ0) is 14.3. The molecule has 7 nitrogen and oxygen atoms in total. The molecule has 0 unspecified atom stereocenters. The summed E-state index contributed by atoms with van der Waals surface area (Å²) in [6.45, 7) is 0.0340. The van der Waals surface area contributed by atoms with Gasteiger partial charge >= 0.3 is 5.69 Å². The molecule has 0 saturated carbocycles. The van der Waals surface area contributed by atoms with Crippen molar-refractivity contribution in [3.63, 3.8) is 0 Å². The zero-order valence-electron chi connectivity index (χ0n) is 10.3. The Morgan fingerprint density at radius 3 is 2.53 bits per heavy atom. The van der Waals surface area contributed by atoms with Gasteiger partial charge in [-0.2, -0.15) is 4.98 Å². The maximum absolute atomic E-state index is 12.1. The minimum Gasteiger partial charge on any atom is -0.390 e. The van der Waals surface area contributed by atoms with E-state index in [9.17, 15) is 14.7 Å². The number of alkyl halides is 1. The highest BCUT2D eigenvalue weighted by Gasteiger charge is 2.19. The molecule has 0 bridgehead atoms. The van der Waals surface area contributed by atoms with Crippen LogP contribution in [0.15, 0.2) is 9.59 Å². The topological polar surface area (TPSA) is 82.0 Å². The van der Waals surface area contributed by atoms with Crippen LogP contribution >= 0.6 is 23.2 Å². The molecule has 0 amide bonds. The molecule has 0 aliphatic rings. The minimum atomic E-state index is -0.862. The number of nitrogens with zero attached hydrogens (tertiary/aromatic N) is 4. The second-order valence-electron chi connectivity index (χ2n) is 4.18. The Bertz CT molecular complexity index is 746. The standard InChI is InChI=1S/C10H12Cl2N4O3/c1-14-7-6(8(18)15(2)10(14)19)16(9(12)13-7)4-5(17)3-11/h5,17H,3-4H2,1-2H3/t5-/m1/s1. The van der Waals surface area contributed by atoms with Gasteiger partial charge in [-0.1, -0.05) is 0 Å². The van der Waals surface area contributed by atoms with Crippen molar-refractivity contribution in [2.45, 2.75) is 12.6 Å². The van der Waals surface area contributed by atoms with E-state index in [1.165, 1.54) is 23.2 Å². The van der Waals surface area contributed by atoms with E-state index in [1.54, 1.807) is 0 Å². The van der Waals surface area contributed by atoms with Crippen LogP contribution in [0.25, 0.3) is 11.2 Å². The maximum Gasteiger partial charge on any atom is 0.332 e. The van der Waals surface area contributed by atoms with Gasteiger partial charge < -0.3 is 9.67 Å². The molecular formula is C10H12Cl2N4O3. The number of hydrogen-bond acceptors (Lipinski definition) is 4. The van der Waals surface area contributed by atoms with Crippen molar-refractivity contribution >= 4 is 34.4 Å². The highest BCUT2D eigenvalue weighted by atomic mass is 35.5. The highest BCUT2D eigenvalue weighted by Crippen LogP contribution is 2.16. The lowest BCUT2D eigenvalue weighted by Gasteiger charge is -2.10. The van der Waals surface area contributed by atoms with Crippen molar-refractivity contribution in [1.82, 2.24) is 18.7 Å². The van der Waals surface area contributed by atoms with E-state index in [0.717, 1.165) is 4.57 Å². The summed E-state index contributed by atoms with van der Waals surface area (Å²) < 4.78 is 3.54. The zero-order valence-corrected chi connectivity index (χ0v) is 11.8. The molecule has 2 aromatic heterocycles. The Morgan fingerprint density at radius 2 is 1.95 bits per heavy atom. The lowest BCUT2D eigenvalue weighted by Crippen LogP contribution is -2.37. The van der Waals surface area contributed by atoms with Crippen molar-refractivity contribution in [1.29, 1.82) is 0 Å². The Hall–Kier alpha value is -1.31. The summed E-state index contributed by atoms with van der Waals surface area (Å²) in [5, 5.41) is 9.61. The average molecular weight is 307 g/mol. The number of halogens is 2. The number of aliphatic hydroxyl groups excluding tert-OH is 1. The van der Waals surface area contributed by atoms with Crippen LogP contribution in [0.3, 0.4) is 0 Å². The number of rotatable bonds is 3. The van der Waals surface area contributed by atoms with Gasteiger partial charge in [-0.15, -0.1) is 11.6 Å². The van der Waals surface area contributed by atoms with Crippen LogP contribution in [0.1, 0.15) is 0 Å². The molecule has 9 heteroatoms. The molecule has 0 aliphatic carbocycles. The van der Waals surface area contributed by atoms with E-state index < -0.39 is 17.4 Å². The maximum atomic E-state index is 12.1. The number of aliphatic hydroxyl groups is 1. The van der Waals surface area contributed by atoms with E-state index in [-0.39, 0.29) is 28.9 Å². The first-order chi connectivity index (χ1) is 8.88. The summed E-state index contributed by atoms with van der Waals surface area (Å²) in [7, 11) is 2.86. The summed E-state index contributed by atoms with van der Waals surface area (Å²) >= 11 is 11.5. The van der Waals surface area contributed by atoms with Gasteiger partial charge in [-0.3, -0.25) is 13.9 Å². The predicted octanol–water partition coefficient (Wildman–Crippen LogP) is -0.313. The fraction of sp³-hybridized carbons (Fsp3) is 0.500. The molecule has 2 rings (SSSR count). The molecule has 104 valence electrons. The number of fused-ring (bicyclic) bond motifs is 1. The molecule has 0 spiro atoms. The summed E-state index contributed by atoms with van der Waals surface area (Å²) in [4.78, 5) is 27.9. The number of aryl methyl sites for hydroxylation is 1. The van der Waals surface area contributed by atoms with E-state index >= 15 is 0 Å². The molecule has 1 N–H and O–H groups in total. The summed E-state index contributed by atoms with van der Waals surface area (Å²) in [5.74, 6) is 0.00207. The number of hydrogen-bond donors (Lipinski definition) is 1. The first kappa shape index (κ1) is 14.1. The van der Waals surface area contributed by atoms with E-state index in [4.69, 9.17) is 23.2 Å². The molecule has 0 aromatic carbocycles. The van der Waals surface area contributed by atoms with Gasteiger partial charge in [0.2, 0.25) is 5.28 Å². The molecule has 0 fully saturated rings. The second-order valence-corrected chi connectivity index (χ2v) is 4.82.